The average molecular weight is 242 g/mol. The fourth-order valence-electron chi connectivity index (χ4n) is 2.45. The van der Waals surface area contributed by atoms with Crippen LogP contribution in [0.4, 0.5) is 0 Å². The molecule has 0 bridgehead atoms. The molecule has 98 valence electrons. The summed E-state index contributed by atoms with van der Waals surface area (Å²) in [4.78, 5) is 23.2. The van der Waals surface area contributed by atoms with Crippen molar-refractivity contribution < 1.29 is 19.4 Å². The van der Waals surface area contributed by atoms with Crippen LogP contribution in [0.5, 0.6) is 0 Å². The number of carbonyl (C=O) groups is 2. The van der Waals surface area contributed by atoms with Crippen molar-refractivity contribution in [1.29, 1.82) is 0 Å². The second-order valence-corrected chi connectivity index (χ2v) is 5.04. The molecule has 1 saturated carbocycles. The molecule has 4 nitrogen and oxygen atoms in total. The molecule has 0 saturated heterocycles. The monoisotopic (exact) mass is 242 g/mol. The Bertz CT molecular complexity index is 287. The van der Waals surface area contributed by atoms with Crippen molar-refractivity contribution >= 4 is 11.9 Å². The van der Waals surface area contributed by atoms with Crippen LogP contribution in [0.3, 0.4) is 0 Å². The third kappa shape index (κ3) is 3.20. The molecule has 2 atom stereocenters. The van der Waals surface area contributed by atoms with Crippen LogP contribution < -0.4 is 0 Å². The minimum Gasteiger partial charge on any atom is -0.481 e. The van der Waals surface area contributed by atoms with Gasteiger partial charge in [-0.1, -0.05) is 26.2 Å². The third-order valence-electron chi connectivity index (χ3n) is 3.70. The summed E-state index contributed by atoms with van der Waals surface area (Å²) in [6, 6.07) is 0. The number of hydrogen-bond acceptors (Lipinski definition) is 3. The summed E-state index contributed by atoms with van der Waals surface area (Å²) in [5.74, 6) is -1.80. The number of carbonyl (C=O) groups excluding carboxylic acids is 1. The van der Waals surface area contributed by atoms with E-state index in [1.54, 1.807) is 6.92 Å². The van der Waals surface area contributed by atoms with Crippen molar-refractivity contribution in [2.75, 3.05) is 6.61 Å². The molecule has 0 aromatic carbocycles. The van der Waals surface area contributed by atoms with Crippen molar-refractivity contribution in [3.63, 3.8) is 0 Å². The first-order valence-corrected chi connectivity index (χ1v) is 6.42. The summed E-state index contributed by atoms with van der Waals surface area (Å²) in [7, 11) is 0. The van der Waals surface area contributed by atoms with Gasteiger partial charge in [0.1, 0.15) is 0 Å². The first-order valence-electron chi connectivity index (χ1n) is 6.42. The van der Waals surface area contributed by atoms with E-state index in [4.69, 9.17) is 4.74 Å². The Morgan fingerprint density at radius 1 is 1.41 bits per heavy atom. The molecule has 17 heavy (non-hydrogen) atoms. The molecule has 0 spiro atoms. The van der Waals surface area contributed by atoms with Gasteiger partial charge in [0.25, 0.3) is 0 Å². The smallest absolute Gasteiger partial charge is 0.312 e. The first-order chi connectivity index (χ1) is 8.02. The lowest BCUT2D eigenvalue weighted by molar-refractivity contribution is -0.169. The maximum atomic E-state index is 12.0. The molecule has 0 aromatic rings. The number of rotatable bonds is 5. The highest BCUT2D eigenvalue weighted by molar-refractivity contribution is 5.84. The van der Waals surface area contributed by atoms with Gasteiger partial charge >= 0.3 is 11.9 Å². The van der Waals surface area contributed by atoms with E-state index in [9.17, 15) is 14.7 Å². The maximum absolute atomic E-state index is 12.0. The molecule has 1 aliphatic carbocycles. The van der Waals surface area contributed by atoms with Gasteiger partial charge in [0.2, 0.25) is 0 Å². The number of hydrogen-bond donors (Lipinski definition) is 1. The van der Waals surface area contributed by atoms with E-state index in [0.717, 1.165) is 25.7 Å². The van der Waals surface area contributed by atoms with E-state index >= 15 is 0 Å². The largest absolute Gasteiger partial charge is 0.481 e. The summed E-state index contributed by atoms with van der Waals surface area (Å²) in [5, 5.41) is 9.19. The molecule has 0 aromatic heterocycles. The number of aliphatic carboxylic acids is 1. The Balaban J connectivity index is 2.67. The van der Waals surface area contributed by atoms with Crippen molar-refractivity contribution in [1.82, 2.24) is 0 Å². The van der Waals surface area contributed by atoms with Crippen LogP contribution in [0, 0.1) is 11.3 Å². The van der Waals surface area contributed by atoms with Crippen molar-refractivity contribution in [3.8, 4) is 0 Å². The van der Waals surface area contributed by atoms with Crippen LogP contribution in [0.1, 0.15) is 52.4 Å². The molecule has 1 N–H and O–H groups in total. The molecule has 1 aliphatic rings. The zero-order valence-corrected chi connectivity index (χ0v) is 10.7. The number of carboxylic acids is 1. The summed E-state index contributed by atoms with van der Waals surface area (Å²) < 4.78 is 5.20. The van der Waals surface area contributed by atoms with Gasteiger partial charge in [-0.05, 0) is 26.2 Å². The van der Waals surface area contributed by atoms with Crippen LogP contribution >= 0.6 is 0 Å². The van der Waals surface area contributed by atoms with E-state index in [2.05, 4.69) is 0 Å². The molecule has 0 radical (unpaired) electrons. The van der Waals surface area contributed by atoms with Crippen LogP contribution in [-0.2, 0) is 14.3 Å². The Morgan fingerprint density at radius 2 is 2.12 bits per heavy atom. The molecule has 1 fully saturated rings. The van der Waals surface area contributed by atoms with Crippen LogP contribution in [0.25, 0.3) is 0 Å². The summed E-state index contributed by atoms with van der Waals surface area (Å²) >= 11 is 0. The predicted octanol–water partition coefficient (Wildman–Crippen LogP) is 2.61. The molecule has 2 unspecified atom stereocenters. The summed E-state index contributed by atoms with van der Waals surface area (Å²) in [6.07, 6.45) is 4.79. The highest BCUT2D eigenvalue weighted by Crippen LogP contribution is 2.42. The highest BCUT2D eigenvalue weighted by atomic mass is 16.5. The summed E-state index contributed by atoms with van der Waals surface area (Å²) in [6.45, 7) is 4.16. The van der Waals surface area contributed by atoms with Crippen LogP contribution in [0.15, 0.2) is 0 Å². The van der Waals surface area contributed by atoms with E-state index in [1.807, 2.05) is 6.92 Å². The molecule has 1 rings (SSSR count). The summed E-state index contributed by atoms with van der Waals surface area (Å²) in [5.41, 5.74) is -0.835. The van der Waals surface area contributed by atoms with Gasteiger partial charge in [-0.15, -0.1) is 0 Å². The molecule has 0 heterocycles. The Morgan fingerprint density at radius 3 is 2.71 bits per heavy atom. The predicted molar refractivity (Wildman–Crippen MR) is 63.6 cm³/mol. The van der Waals surface area contributed by atoms with Gasteiger partial charge in [-0.25, -0.2) is 0 Å². The molecular weight excluding hydrogens is 220 g/mol. The second kappa shape index (κ2) is 6.03. The zero-order chi connectivity index (χ0) is 12.9. The molecule has 0 amide bonds. The second-order valence-electron chi connectivity index (χ2n) is 5.04. The van der Waals surface area contributed by atoms with Crippen LogP contribution in [0.2, 0.25) is 0 Å². The highest BCUT2D eigenvalue weighted by Gasteiger charge is 2.47. The van der Waals surface area contributed by atoms with E-state index in [0.29, 0.717) is 19.4 Å². The lowest BCUT2D eigenvalue weighted by Gasteiger charge is -2.36. The fraction of sp³-hybridized carbons (Fsp3) is 0.846. The van der Waals surface area contributed by atoms with Gasteiger partial charge in [-0.2, -0.15) is 0 Å². The minimum atomic E-state index is -0.875. The van der Waals surface area contributed by atoms with Crippen molar-refractivity contribution in [2.24, 2.45) is 11.3 Å². The van der Waals surface area contributed by atoms with Crippen LogP contribution in [-0.4, -0.2) is 23.7 Å². The van der Waals surface area contributed by atoms with Gasteiger partial charge in [0.15, 0.2) is 0 Å². The van der Waals surface area contributed by atoms with Gasteiger partial charge in [0, 0.05) is 0 Å². The van der Waals surface area contributed by atoms with E-state index in [-0.39, 0.29) is 5.97 Å². The van der Waals surface area contributed by atoms with Crippen molar-refractivity contribution in [2.45, 2.75) is 52.4 Å². The van der Waals surface area contributed by atoms with Gasteiger partial charge in [-0.3, -0.25) is 9.59 Å². The average Bonchev–Trinajstić information content (AvgIpc) is 2.29. The Kier molecular flexibility index (Phi) is 4.97. The number of ether oxygens (including phenoxy) is 1. The Hall–Kier alpha value is -1.06. The Labute approximate surface area is 102 Å². The molecule has 4 heteroatoms. The molecular formula is C13H22O4. The normalized spacial score (nSPS) is 28.7. The zero-order valence-electron chi connectivity index (χ0n) is 10.7. The number of carboxylic acid groups (broad SMARTS) is 1. The standard InChI is InChI=1S/C13H22O4/c1-3-4-9-17-12(16)13(2)8-6-5-7-10(13)11(14)15/h10H,3-9H2,1-2H3,(H,14,15). The lowest BCUT2D eigenvalue weighted by Crippen LogP contribution is -2.43. The quantitative estimate of drug-likeness (QED) is 0.594. The minimum absolute atomic E-state index is 0.335. The van der Waals surface area contributed by atoms with E-state index < -0.39 is 17.3 Å². The fourth-order valence-corrected chi connectivity index (χ4v) is 2.45. The first kappa shape index (κ1) is 14.0. The van der Waals surface area contributed by atoms with Crippen molar-refractivity contribution in [3.05, 3.63) is 0 Å². The van der Waals surface area contributed by atoms with E-state index in [1.165, 1.54) is 0 Å². The lowest BCUT2D eigenvalue weighted by atomic mass is 9.67. The SMILES string of the molecule is CCCCOC(=O)C1(C)CCCCC1C(=O)O. The van der Waals surface area contributed by atoms with Gasteiger partial charge in [0.05, 0.1) is 17.9 Å². The number of esters is 1. The number of unbranched alkanes of at least 4 members (excludes halogenated alkanes) is 1. The third-order valence-corrected chi connectivity index (χ3v) is 3.70. The topological polar surface area (TPSA) is 63.6 Å². The van der Waals surface area contributed by atoms with Gasteiger partial charge < -0.3 is 9.84 Å². The molecule has 0 aliphatic heterocycles. The maximum Gasteiger partial charge on any atom is 0.312 e.